The average molecular weight is 251 g/mol. The quantitative estimate of drug-likeness (QED) is 0.756. The van der Waals surface area contributed by atoms with Gasteiger partial charge in [0, 0.05) is 19.0 Å². The van der Waals surface area contributed by atoms with Gasteiger partial charge in [-0.05, 0) is 50.7 Å². The van der Waals surface area contributed by atoms with Crippen LogP contribution in [-0.2, 0) is 0 Å². The molecule has 104 valence electrons. The predicted octanol–water partition coefficient (Wildman–Crippen LogP) is 2.78. The van der Waals surface area contributed by atoms with E-state index < -0.39 is 0 Å². The monoisotopic (exact) mass is 251 g/mol. The van der Waals surface area contributed by atoms with Crippen molar-refractivity contribution in [1.82, 2.24) is 10.2 Å². The Bertz CT molecular complexity index is 259. The van der Waals surface area contributed by atoms with Gasteiger partial charge in [-0.25, -0.2) is 0 Å². The van der Waals surface area contributed by atoms with Gasteiger partial charge in [-0.2, -0.15) is 5.26 Å². The third kappa shape index (κ3) is 5.84. The lowest BCUT2D eigenvalue weighted by Crippen LogP contribution is -2.45. The number of hydrogen-bond donors (Lipinski definition) is 1. The minimum Gasteiger partial charge on any atom is -0.313 e. The molecule has 0 radical (unpaired) electrons. The number of nitriles is 1. The van der Waals surface area contributed by atoms with E-state index in [1.54, 1.807) is 0 Å². The number of nitrogens with zero attached hydrogens (tertiary/aromatic N) is 2. The molecule has 1 rings (SSSR count). The van der Waals surface area contributed by atoms with Gasteiger partial charge in [0.2, 0.25) is 0 Å². The molecule has 0 amide bonds. The highest BCUT2D eigenvalue weighted by Crippen LogP contribution is 2.21. The van der Waals surface area contributed by atoms with Crippen molar-refractivity contribution < 1.29 is 0 Å². The van der Waals surface area contributed by atoms with Crippen LogP contribution in [0.3, 0.4) is 0 Å². The molecule has 1 aliphatic rings. The number of rotatable bonds is 7. The Kier molecular flexibility index (Phi) is 6.67. The lowest BCUT2D eigenvalue weighted by atomic mass is 9.87. The van der Waals surface area contributed by atoms with Gasteiger partial charge >= 0.3 is 0 Å². The molecule has 0 saturated carbocycles. The summed E-state index contributed by atoms with van der Waals surface area (Å²) in [6, 6.07) is 2.93. The van der Waals surface area contributed by atoms with Crippen molar-refractivity contribution in [2.75, 3.05) is 26.2 Å². The fourth-order valence-electron chi connectivity index (χ4n) is 2.58. The van der Waals surface area contributed by atoms with E-state index in [1.807, 2.05) is 0 Å². The molecule has 1 N–H and O–H groups in total. The molecule has 0 spiro atoms. The number of hydrogen-bond acceptors (Lipinski definition) is 3. The summed E-state index contributed by atoms with van der Waals surface area (Å²) >= 11 is 0. The molecular formula is C15H29N3. The Hall–Kier alpha value is -0.590. The molecule has 0 aliphatic carbocycles. The van der Waals surface area contributed by atoms with Crippen molar-refractivity contribution in [1.29, 1.82) is 5.26 Å². The second-order valence-corrected chi connectivity index (χ2v) is 6.32. The first-order valence-corrected chi connectivity index (χ1v) is 7.40. The molecule has 0 atom stereocenters. The van der Waals surface area contributed by atoms with E-state index in [0.29, 0.717) is 12.5 Å². The summed E-state index contributed by atoms with van der Waals surface area (Å²) in [4.78, 5) is 2.57. The predicted molar refractivity (Wildman–Crippen MR) is 76.4 cm³/mol. The van der Waals surface area contributed by atoms with E-state index >= 15 is 0 Å². The first kappa shape index (κ1) is 15.5. The van der Waals surface area contributed by atoms with Gasteiger partial charge < -0.3 is 10.2 Å². The maximum Gasteiger partial charge on any atom is 0.0621 e. The minimum atomic E-state index is 0.246. The highest BCUT2D eigenvalue weighted by atomic mass is 15.1. The molecule has 1 heterocycles. The largest absolute Gasteiger partial charge is 0.313 e. The fourth-order valence-corrected chi connectivity index (χ4v) is 2.58. The van der Waals surface area contributed by atoms with Crippen molar-refractivity contribution in [2.24, 2.45) is 5.41 Å². The van der Waals surface area contributed by atoms with Crippen LogP contribution in [0.15, 0.2) is 0 Å². The fraction of sp³-hybridized carbons (Fsp3) is 0.933. The van der Waals surface area contributed by atoms with Crippen LogP contribution in [-0.4, -0.2) is 37.1 Å². The van der Waals surface area contributed by atoms with Crippen LogP contribution in [0.4, 0.5) is 0 Å². The number of piperidine rings is 1. The van der Waals surface area contributed by atoms with Crippen LogP contribution in [0.2, 0.25) is 0 Å². The first-order valence-electron chi connectivity index (χ1n) is 7.40. The van der Waals surface area contributed by atoms with Gasteiger partial charge in [0.15, 0.2) is 0 Å². The summed E-state index contributed by atoms with van der Waals surface area (Å²) in [6.07, 6.45) is 5.47. The molecular weight excluding hydrogens is 222 g/mol. The van der Waals surface area contributed by atoms with Gasteiger partial charge in [0.05, 0.1) is 6.07 Å². The summed E-state index contributed by atoms with van der Waals surface area (Å²) in [5.74, 6) is 0. The van der Waals surface area contributed by atoms with Crippen LogP contribution in [0, 0.1) is 16.7 Å². The zero-order valence-electron chi connectivity index (χ0n) is 12.3. The molecule has 18 heavy (non-hydrogen) atoms. The van der Waals surface area contributed by atoms with Crippen molar-refractivity contribution in [3.63, 3.8) is 0 Å². The maximum absolute atomic E-state index is 8.65. The highest BCUT2D eigenvalue weighted by Gasteiger charge is 2.22. The summed E-state index contributed by atoms with van der Waals surface area (Å²) < 4.78 is 0. The lowest BCUT2D eigenvalue weighted by Gasteiger charge is -2.34. The maximum atomic E-state index is 8.65. The molecule has 1 saturated heterocycles. The van der Waals surface area contributed by atoms with Crippen molar-refractivity contribution in [3.05, 3.63) is 0 Å². The molecule has 0 unspecified atom stereocenters. The summed E-state index contributed by atoms with van der Waals surface area (Å²) in [5, 5.41) is 12.3. The summed E-state index contributed by atoms with van der Waals surface area (Å²) in [5.41, 5.74) is 0.246. The number of nitrogens with one attached hydrogen (secondary N) is 1. The van der Waals surface area contributed by atoms with Crippen LogP contribution in [0.25, 0.3) is 0 Å². The van der Waals surface area contributed by atoms with E-state index in [4.69, 9.17) is 5.26 Å². The third-order valence-electron chi connectivity index (χ3n) is 3.91. The average Bonchev–Trinajstić information content (AvgIpc) is 2.36. The molecule has 0 aromatic heterocycles. The second kappa shape index (κ2) is 7.76. The van der Waals surface area contributed by atoms with Crippen LogP contribution in [0.1, 0.15) is 52.9 Å². The Morgan fingerprint density at radius 2 is 2.00 bits per heavy atom. The Morgan fingerprint density at radius 1 is 1.33 bits per heavy atom. The van der Waals surface area contributed by atoms with Crippen molar-refractivity contribution in [3.8, 4) is 6.07 Å². The molecule has 1 fully saturated rings. The highest BCUT2D eigenvalue weighted by molar-refractivity contribution is 4.82. The molecule has 3 heteroatoms. The first-order chi connectivity index (χ1) is 8.57. The van der Waals surface area contributed by atoms with Gasteiger partial charge in [-0.3, -0.25) is 0 Å². The normalized spacial score (nSPS) is 18.8. The second-order valence-electron chi connectivity index (χ2n) is 6.32. The SMILES string of the molecule is CCCN1CCC(NCC(C)(C)CCC#N)CC1. The smallest absolute Gasteiger partial charge is 0.0621 e. The van der Waals surface area contributed by atoms with E-state index in [9.17, 15) is 0 Å². The van der Waals surface area contributed by atoms with Crippen LogP contribution < -0.4 is 5.32 Å². The van der Waals surface area contributed by atoms with E-state index in [0.717, 1.165) is 13.0 Å². The Balaban J connectivity index is 2.19. The number of likely N-dealkylation sites (tertiary alicyclic amines) is 1. The minimum absolute atomic E-state index is 0.246. The van der Waals surface area contributed by atoms with E-state index in [2.05, 4.69) is 37.1 Å². The standard InChI is InChI=1S/C15H29N3/c1-4-10-18-11-6-14(7-12-18)17-13-15(2,3)8-5-9-16/h14,17H,4-8,10-13H2,1-3H3. The summed E-state index contributed by atoms with van der Waals surface area (Å²) in [7, 11) is 0. The van der Waals surface area contributed by atoms with Crippen LogP contribution in [0.5, 0.6) is 0 Å². The Labute approximate surface area is 113 Å². The van der Waals surface area contributed by atoms with Gasteiger partial charge in [0.1, 0.15) is 0 Å². The van der Waals surface area contributed by atoms with Crippen molar-refractivity contribution >= 4 is 0 Å². The van der Waals surface area contributed by atoms with E-state index in [-0.39, 0.29) is 5.41 Å². The topological polar surface area (TPSA) is 39.1 Å². The van der Waals surface area contributed by atoms with E-state index in [1.165, 1.54) is 38.9 Å². The molecule has 0 aromatic rings. The zero-order chi connectivity index (χ0) is 13.4. The summed E-state index contributed by atoms with van der Waals surface area (Å²) in [6.45, 7) is 11.5. The van der Waals surface area contributed by atoms with Crippen molar-refractivity contribution in [2.45, 2.75) is 58.9 Å². The molecule has 3 nitrogen and oxygen atoms in total. The molecule has 0 bridgehead atoms. The Morgan fingerprint density at radius 3 is 2.56 bits per heavy atom. The van der Waals surface area contributed by atoms with Crippen LogP contribution >= 0.6 is 0 Å². The third-order valence-corrected chi connectivity index (χ3v) is 3.91. The van der Waals surface area contributed by atoms with Gasteiger partial charge in [0.25, 0.3) is 0 Å². The zero-order valence-corrected chi connectivity index (χ0v) is 12.3. The molecule has 1 aliphatic heterocycles. The van der Waals surface area contributed by atoms with Gasteiger partial charge in [-0.1, -0.05) is 20.8 Å². The molecule has 0 aromatic carbocycles. The van der Waals surface area contributed by atoms with Gasteiger partial charge in [-0.15, -0.1) is 0 Å². The lowest BCUT2D eigenvalue weighted by molar-refractivity contribution is 0.186.